The maximum atomic E-state index is 13.3. The zero-order chi connectivity index (χ0) is 18.7. The van der Waals surface area contributed by atoms with E-state index in [0.29, 0.717) is 17.7 Å². The number of ether oxygens (including phenoxy) is 1. The lowest BCUT2D eigenvalue weighted by molar-refractivity contribution is 0.0443. The summed E-state index contributed by atoms with van der Waals surface area (Å²) >= 11 is 0. The van der Waals surface area contributed by atoms with Gasteiger partial charge in [0.05, 0.1) is 19.8 Å². The van der Waals surface area contributed by atoms with E-state index >= 15 is 0 Å². The fourth-order valence-electron chi connectivity index (χ4n) is 3.81. The van der Waals surface area contributed by atoms with Crippen LogP contribution in [0.2, 0.25) is 0 Å². The van der Waals surface area contributed by atoms with Crippen LogP contribution in [-0.2, 0) is 10.2 Å². The van der Waals surface area contributed by atoms with E-state index in [9.17, 15) is 9.59 Å². The van der Waals surface area contributed by atoms with Gasteiger partial charge in [0, 0.05) is 30.6 Å². The molecule has 1 aliphatic carbocycles. The number of ketones is 2. The standard InChI is InChI=1S/C23H21NO3/c25-21-19-10-4-5-11-20(19)22(26)23(21,18-8-2-1-3-9-18)12-6-7-13-24-14-16-27-17-15-24/h1-5,8-11H,12-17H2. The first-order valence-corrected chi connectivity index (χ1v) is 9.23. The minimum Gasteiger partial charge on any atom is -0.379 e. The topological polar surface area (TPSA) is 46.6 Å². The number of fused-ring (bicyclic) bond motifs is 1. The van der Waals surface area contributed by atoms with Crippen molar-refractivity contribution in [1.82, 2.24) is 4.90 Å². The molecule has 4 heteroatoms. The number of morpholine rings is 1. The van der Waals surface area contributed by atoms with Gasteiger partial charge < -0.3 is 4.74 Å². The Morgan fingerprint density at radius 2 is 1.44 bits per heavy atom. The van der Waals surface area contributed by atoms with Gasteiger partial charge in [0.15, 0.2) is 11.6 Å². The van der Waals surface area contributed by atoms with Gasteiger partial charge in [-0.3, -0.25) is 14.5 Å². The number of benzene rings is 2. The van der Waals surface area contributed by atoms with Crippen LogP contribution >= 0.6 is 0 Å². The summed E-state index contributed by atoms with van der Waals surface area (Å²) in [6.07, 6.45) is 0.202. The molecule has 4 nitrogen and oxygen atoms in total. The van der Waals surface area contributed by atoms with E-state index in [0.717, 1.165) is 31.9 Å². The zero-order valence-electron chi connectivity index (χ0n) is 15.1. The number of hydrogen-bond acceptors (Lipinski definition) is 4. The molecule has 0 N–H and O–H groups in total. The highest BCUT2D eigenvalue weighted by atomic mass is 16.5. The molecule has 1 fully saturated rings. The predicted octanol–water partition coefficient (Wildman–Crippen LogP) is 2.73. The number of carbonyl (C=O) groups excluding carboxylic acids is 2. The van der Waals surface area contributed by atoms with Crippen LogP contribution < -0.4 is 0 Å². The Balaban J connectivity index is 1.65. The monoisotopic (exact) mass is 359 g/mol. The maximum Gasteiger partial charge on any atom is 0.182 e. The Morgan fingerprint density at radius 3 is 2.07 bits per heavy atom. The summed E-state index contributed by atoms with van der Waals surface area (Å²) in [4.78, 5) is 28.8. The van der Waals surface area contributed by atoms with E-state index in [2.05, 4.69) is 16.7 Å². The highest BCUT2D eigenvalue weighted by molar-refractivity contribution is 6.33. The molecule has 136 valence electrons. The molecular weight excluding hydrogens is 338 g/mol. The Morgan fingerprint density at radius 1 is 0.852 bits per heavy atom. The van der Waals surface area contributed by atoms with E-state index in [-0.39, 0.29) is 18.0 Å². The summed E-state index contributed by atoms with van der Waals surface area (Å²) in [7, 11) is 0. The Hall–Kier alpha value is -2.74. The van der Waals surface area contributed by atoms with Crippen molar-refractivity contribution >= 4 is 11.6 Å². The average molecular weight is 359 g/mol. The largest absolute Gasteiger partial charge is 0.379 e. The molecule has 0 aromatic heterocycles. The highest BCUT2D eigenvalue weighted by Gasteiger charge is 2.53. The normalized spacial score (nSPS) is 18.7. The predicted molar refractivity (Wildman–Crippen MR) is 103 cm³/mol. The van der Waals surface area contributed by atoms with Crippen molar-refractivity contribution in [3.63, 3.8) is 0 Å². The molecule has 0 radical (unpaired) electrons. The van der Waals surface area contributed by atoms with Crippen LogP contribution in [0, 0.1) is 11.8 Å². The van der Waals surface area contributed by atoms with Crippen LogP contribution in [0.1, 0.15) is 32.7 Å². The van der Waals surface area contributed by atoms with E-state index in [4.69, 9.17) is 4.74 Å². The Labute approximate surface area is 159 Å². The van der Waals surface area contributed by atoms with Gasteiger partial charge in [-0.15, -0.1) is 5.92 Å². The third-order valence-electron chi connectivity index (χ3n) is 5.34. The van der Waals surface area contributed by atoms with Crippen LogP contribution in [-0.4, -0.2) is 49.3 Å². The van der Waals surface area contributed by atoms with Crippen LogP contribution in [0.4, 0.5) is 0 Å². The molecular formula is C23H21NO3. The first-order valence-electron chi connectivity index (χ1n) is 9.23. The van der Waals surface area contributed by atoms with Gasteiger partial charge in [0.25, 0.3) is 0 Å². The minimum atomic E-state index is -1.23. The van der Waals surface area contributed by atoms with Gasteiger partial charge in [0.2, 0.25) is 0 Å². The second-order valence-corrected chi connectivity index (χ2v) is 6.89. The summed E-state index contributed by atoms with van der Waals surface area (Å²) < 4.78 is 5.35. The van der Waals surface area contributed by atoms with E-state index in [1.165, 1.54) is 0 Å². The summed E-state index contributed by atoms with van der Waals surface area (Å²) in [6.45, 7) is 3.80. The molecule has 0 unspecified atom stereocenters. The number of nitrogens with zero attached hydrogens (tertiary/aromatic N) is 1. The molecule has 2 aromatic rings. The second-order valence-electron chi connectivity index (χ2n) is 6.89. The Bertz CT molecular complexity index is 882. The number of carbonyl (C=O) groups is 2. The fourth-order valence-corrected chi connectivity index (χ4v) is 3.81. The van der Waals surface area contributed by atoms with Crippen molar-refractivity contribution in [2.75, 3.05) is 32.8 Å². The van der Waals surface area contributed by atoms with Crippen LogP contribution in [0.25, 0.3) is 0 Å². The van der Waals surface area contributed by atoms with Crippen molar-refractivity contribution in [1.29, 1.82) is 0 Å². The summed E-state index contributed by atoms with van der Waals surface area (Å²) in [5, 5.41) is 0. The third-order valence-corrected chi connectivity index (χ3v) is 5.34. The molecule has 2 aromatic carbocycles. The fraction of sp³-hybridized carbons (Fsp3) is 0.304. The molecule has 0 bridgehead atoms. The van der Waals surface area contributed by atoms with Gasteiger partial charge in [-0.25, -0.2) is 0 Å². The van der Waals surface area contributed by atoms with Crippen molar-refractivity contribution < 1.29 is 14.3 Å². The minimum absolute atomic E-state index is 0.144. The molecule has 1 saturated heterocycles. The van der Waals surface area contributed by atoms with Crippen molar-refractivity contribution in [3.05, 3.63) is 71.3 Å². The summed E-state index contributed by atoms with van der Waals surface area (Å²) in [5.74, 6) is 6.01. The smallest absolute Gasteiger partial charge is 0.182 e. The van der Waals surface area contributed by atoms with Crippen molar-refractivity contribution in [3.8, 4) is 11.8 Å². The second kappa shape index (κ2) is 7.48. The molecule has 1 heterocycles. The SMILES string of the molecule is O=C1c2ccccc2C(=O)C1(CC#CCN1CCOCC1)c1ccccc1. The molecule has 0 amide bonds. The number of Topliss-reactive ketones (excluding diaryl/α,β-unsaturated/α-hetero) is 2. The first-order chi connectivity index (χ1) is 13.2. The summed E-state index contributed by atoms with van der Waals surface area (Å²) in [6, 6.07) is 16.4. The third kappa shape index (κ3) is 3.10. The van der Waals surface area contributed by atoms with Crippen LogP contribution in [0.3, 0.4) is 0 Å². The molecule has 0 saturated carbocycles. The average Bonchev–Trinajstić information content (AvgIpc) is 2.95. The first kappa shape index (κ1) is 17.7. The molecule has 0 spiro atoms. The number of hydrogen-bond donors (Lipinski definition) is 0. The molecule has 1 aliphatic heterocycles. The van der Waals surface area contributed by atoms with Gasteiger partial charge in [0.1, 0.15) is 5.41 Å². The lowest BCUT2D eigenvalue weighted by Crippen LogP contribution is -2.38. The number of rotatable bonds is 3. The van der Waals surface area contributed by atoms with Crippen LogP contribution in [0.5, 0.6) is 0 Å². The Kier molecular flexibility index (Phi) is 4.89. The quantitative estimate of drug-likeness (QED) is 0.625. The van der Waals surface area contributed by atoms with Gasteiger partial charge in [-0.2, -0.15) is 0 Å². The van der Waals surface area contributed by atoms with E-state index in [1.54, 1.807) is 24.3 Å². The van der Waals surface area contributed by atoms with E-state index in [1.807, 2.05) is 30.3 Å². The lowest BCUT2D eigenvalue weighted by atomic mass is 9.73. The van der Waals surface area contributed by atoms with Gasteiger partial charge >= 0.3 is 0 Å². The zero-order valence-corrected chi connectivity index (χ0v) is 15.1. The lowest BCUT2D eigenvalue weighted by Gasteiger charge is -2.25. The molecule has 0 atom stereocenters. The highest BCUT2D eigenvalue weighted by Crippen LogP contribution is 2.42. The molecule has 27 heavy (non-hydrogen) atoms. The van der Waals surface area contributed by atoms with Crippen molar-refractivity contribution in [2.24, 2.45) is 0 Å². The summed E-state index contributed by atoms with van der Waals surface area (Å²) in [5.41, 5.74) is 0.489. The molecule has 4 rings (SSSR count). The van der Waals surface area contributed by atoms with E-state index < -0.39 is 5.41 Å². The van der Waals surface area contributed by atoms with Crippen molar-refractivity contribution in [2.45, 2.75) is 11.8 Å². The maximum absolute atomic E-state index is 13.3. The van der Waals surface area contributed by atoms with Gasteiger partial charge in [-0.05, 0) is 5.56 Å². The van der Waals surface area contributed by atoms with Gasteiger partial charge in [-0.1, -0.05) is 60.5 Å². The molecule has 2 aliphatic rings. The van der Waals surface area contributed by atoms with Crippen LogP contribution in [0.15, 0.2) is 54.6 Å².